The SMILES string of the molecule is CN1CCC(CNCC(=O)NC2CCCCC2)CC1. The fraction of sp³-hybridized carbons (Fsp3) is 0.933. The Balaban J connectivity index is 1.53. The van der Waals surface area contributed by atoms with E-state index in [1.54, 1.807) is 0 Å². The highest BCUT2D eigenvalue weighted by molar-refractivity contribution is 5.78. The minimum absolute atomic E-state index is 0.180. The maximum absolute atomic E-state index is 11.8. The number of carbonyl (C=O) groups excluding carboxylic acids is 1. The number of carbonyl (C=O) groups is 1. The first-order valence-electron chi connectivity index (χ1n) is 7.92. The van der Waals surface area contributed by atoms with Gasteiger partial charge in [0, 0.05) is 6.04 Å². The van der Waals surface area contributed by atoms with Gasteiger partial charge in [0.05, 0.1) is 6.54 Å². The lowest BCUT2D eigenvalue weighted by Gasteiger charge is -2.29. The molecule has 1 aliphatic heterocycles. The van der Waals surface area contributed by atoms with Gasteiger partial charge in [0.25, 0.3) is 0 Å². The molecule has 0 unspecified atom stereocenters. The molecule has 1 heterocycles. The Morgan fingerprint density at radius 3 is 2.47 bits per heavy atom. The van der Waals surface area contributed by atoms with Crippen molar-refractivity contribution < 1.29 is 4.79 Å². The van der Waals surface area contributed by atoms with Crippen LogP contribution in [0.4, 0.5) is 0 Å². The average molecular weight is 267 g/mol. The molecule has 2 aliphatic rings. The Hall–Kier alpha value is -0.610. The highest BCUT2D eigenvalue weighted by Gasteiger charge is 2.18. The molecule has 0 aromatic heterocycles. The number of amides is 1. The van der Waals surface area contributed by atoms with Crippen LogP contribution in [-0.2, 0) is 4.79 Å². The van der Waals surface area contributed by atoms with Crippen molar-refractivity contribution in [1.29, 1.82) is 0 Å². The summed E-state index contributed by atoms with van der Waals surface area (Å²) in [6, 6.07) is 0.436. The van der Waals surface area contributed by atoms with Crippen LogP contribution in [0.1, 0.15) is 44.9 Å². The average Bonchev–Trinajstić information content (AvgIpc) is 2.42. The van der Waals surface area contributed by atoms with Crippen molar-refractivity contribution in [2.75, 3.05) is 33.2 Å². The number of hydrogen-bond acceptors (Lipinski definition) is 3. The largest absolute Gasteiger partial charge is 0.352 e. The van der Waals surface area contributed by atoms with Gasteiger partial charge in [0.2, 0.25) is 5.91 Å². The summed E-state index contributed by atoms with van der Waals surface area (Å²) in [5.41, 5.74) is 0. The van der Waals surface area contributed by atoms with Crippen LogP contribution in [0.25, 0.3) is 0 Å². The van der Waals surface area contributed by atoms with E-state index in [9.17, 15) is 4.79 Å². The van der Waals surface area contributed by atoms with Crippen molar-refractivity contribution in [3.8, 4) is 0 Å². The van der Waals surface area contributed by atoms with E-state index >= 15 is 0 Å². The molecule has 0 aromatic rings. The topological polar surface area (TPSA) is 44.4 Å². The van der Waals surface area contributed by atoms with E-state index < -0.39 is 0 Å². The first-order valence-corrected chi connectivity index (χ1v) is 7.92. The molecule has 1 amide bonds. The first-order chi connectivity index (χ1) is 9.24. The molecule has 0 aromatic carbocycles. The van der Waals surface area contributed by atoms with Gasteiger partial charge in [-0.05, 0) is 58.3 Å². The lowest BCUT2D eigenvalue weighted by Crippen LogP contribution is -2.43. The normalized spacial score (nSPS) is 23.4. The molecule has 2 fully saturated rings. The van der Waals surface area contributed by atoms with Gasteiger partial charge in [-0.3, -0.25) is 4.79 Å². The molecule has 2 rings (SSSR count). The zero-order valence-corrected chi connectivity index (χ0v) is 12.3. The number of rotatable bonds is 5. The first kappa shape index (κ1) is 14.8. The van der Waals surface area contributed by atoms with Crippen LogP contribution in [0.2, 0.25) is 0 Å². The van der Waals surface area contributed by atoms with E-state index in [2.05, 4.69) is 22.6 Å². The minimum atomic E-state index is 0.180. The Kier molecular flexibility index (Phi) is 6.11. The van der Waals surface area contributed by atoms with Gasteiger partial charge in [-0.1, -0.05) is 19.3 Å². The van der Waals surface area contributed by atoms with Gasteiger partial charge < -0.3 is 15.5 Å². The van der Waals surface area contributed by atoms with E-state index in [1.165, 1.54) is 58.0 Å². The third-order valence-corrected chi connectivity index (χ3v) is 4.53. The van der Waals surface area contributed by atoms with Crippen LogP contribution in [0, 0.1) is 5.92 Å². The highest BCUT2D eigenvalue weighted by Crippen LogP contribution is 2.17. The van der Waals surface area contributed by atoms with Gasteiger partial charge >= 0.3 is 0 Å². The van der Waals surface area contributed by atoms with Crippen molar-refractivity contribution in [2.24, 2.45) is 5.92 Å². The summed E-state index contributed by atoms with van der Waals surface area (Å²) in [5, 5.41) is 6.48. The Labute approximate surface area is 117 Å². The molecular weight excluding hydrogens is 238 g/mol. The van der Waals surface area contributed by atoms with Crippen LogP contribution in [0.3, 0.4) is 0 Å². The van der Waals surface area contributed by atoms with E-state index in [0.29, 0.717) is 12.6 Å². The molecule has 0 atom stereocenters. The molecule has 0 bridgehead atoms. The minimum Gasteiger partial charge on any atom is -0.352 e. The second-order valence-corrected chi connectivity index (χ2v) is 6.28. The summed E-state index contributed by atoms with van der Waals surface area (Å²) in [7, 11) is 2.18. The third kappa shape index (κ3) is 5.49. The maximum Gasteiger partial charge on any atom is 0.234 e. The lowest BCUT2D eigenvalue weighted by molar-refractivity contribution is -0.121. The molecule has 1 saturated heterocycles. The van der Waals surface area contributed by atoms with Gasteiger partial charge in [-0.25, -0.2) is 0 Å². The Bertz CT molecular complexity index is 269. The van der Waals surface area contributed by atoms with E-state index in [-0.39, 0.29) is 5.91 Å². The molecule has 1 aliphatic carbocycles. The van der Waals surface area contributed by atoms with Gasteiger partial charge in [-0.15, -0.1) is 0 Å². The second kappa shape index (κ2) is 7.85. The maximum atomic E-state index is 11.8. The van der Waals surface area contributed by atoms with Crippen molar-refractivity contribution in [3.63, 3.8) is 0 Å². The van der Waals surface area contributed by atoms with Crippen molar-refractivity contribution in [3.05, 3.63) is 0 Å². The molecule has 19 heavy (non-hydrogen) atoms. The number of likely N-dealkylation sites (tertiary alicyclic amines) is 1. The molecule has 2 N–H and O–H groups in total. The van der Waals surface area contributed by atoms with Crippen LogP contribution < -0.4 is 10.6 Å². The quantitative estimate of drug-likeness (QED) is 0.791. The second-order valence-electron chi connectivity index (χ2n) is 6.28. The smallest absolute Gasteiger partial charge is 0.234 e. The predicted molar refractivity (Wildman–Crippen MR) is 78.1 cm³/mol. The fourth-order valence-corrected chi connectivity index (χ4v) is 3.18. The summed E-state index contributed by atoms with van der Waals surface area (Å²) in [4.78, 5) is 14.2. The number of nitrogens with one attached hydrogen (secondary N) is 2. The summed E-state index contributed by atoms with van der Waals surface area (Å²) in [6.45, 7) is 3.87. The van der Waals surface area contributed by atoms with E-state index in [0.717, 1.165) is 12.5 Å². The molecule has 110 valence electrons. The molecule has 1 saturated carbocycles. The van der Waals surface area contributed by atoms with Gasteiger partial charge in [0.1, 0.15) is 0 Å². The van der Waals surface area contributed by atoms with Crippen LogP contribution >= 0.6 is 0 Å². The predicted octanol–water partition coefficient (Wildman–Crippen LogP) is 1.37. The van der Waals surface area contributed by atoms with Gasteiger partial charge in [-0.2, -0.15) is 0 Å². The van der Waals surface area contributed by atoms with E-state index in [4.69, 9.17) is 0 Å². The summed E-state index contributed by atoms with van der Waals surface area (Å²) in [5.74, 6) is 0.929. The van der Waals surface area contributed by atoms with Crippen LogP contribution in [0.5, 0.6) is 0 Å². The standard InChI is InChI=1S/C15H29N3O/c1-18-9-7-13(8-10-18)11-16-12-15(19)17-14-5-3-2-4-6-14/h13-14,16H,2-12H2,1H3,(H,17,19). The monoisotopic (exact) mass is 267 g/mol. The summed E-state index contributed by atoms with van der Waals surface area (Å²) < 4.78 is 0. The Morgan fingerprint density at radius 2 is 1.79 bits per heavy atom. The molecule has 4 heteroatoms. The lowest BCUT2D eigenvalue weighted by atomic mass is 9.95. The zero-order valence-electron chi connectivity index (χ0n) is 12.3. The van der Waals surface area contributed by atoms with Crippen molar-refractivity contribution in [2.45, 2.75) is 51.0 Å². The van der Waals surface area contributed by atoms with Crippen LogP contribution in [-0.4, -0.2) is 50.1 Å². The molecular formula is C15H29N3O. The Morgan fingerprint density at radius 1 is 1.11 bits per heavy atom. The molecule has 0 radical (unpaired) electrons. The summed E-state index contributed by atoms with van der Waals surface area (Å²) >= 11 is 0. The number of hydrogen-bond donors (Lipinski definition) is 2. The van der Waals surface area contributed by atoms with E-state index in [1.807, 2.05) is 0 Å². The fourth-order valence-electron chi connectivity index (χ4n) is 3.18. The molecule has 0 spiro atoms. The molecule has 4 nitrogen and oxygen atoms in total. The number of piperidine rings is 1. The third-order valence-electron chi connectivity index (χ3n) is 4.53. The van der Waals surface area contributed by atoms with Crippen LogP contribution in [0.15, 0.2) is 0 Å². The van der Waals surface area contributed by atoms with Crippen molar-refractivity contribution in [1.82, 2.24) is 15.5 Å². The zero-order chi connectivity index (χ0) is 13.5. The summed E-state index contributed by atoms with van der Waals surface area (Å²) in [6.07, 6.45) is 8.73. The highest BCUT2D eigenvalue weighted by atomic mass is 16.1. The number of nitrogens with zero attached hydrogens (tertiary/aromatic N) is 1. The van der Waals surface area contributed by atoms with Crippen molar-refractivity contribution >= 4 is 5.91 Å². The van der Waals surface area contributed by atoms with Gasteiger partial charge in [0.15, 0.2) is 0 Å².